The van der Waals surface area contributed by atoms with Crippen molar-refractivity contribution in [1.82, 2.24) is 9.78 Å². The minimum atomic E-state index is -0.518. The van der Waals surface area contributed by atoms with Crippen LogP contribution in [-0.4, -0.2) is 22.9 Å². The highest BCUT2D eigenvalue weighted by atomic mass is 16.5. The third-order valence-corrected chi connectivity index (χ3v) is 2.76. The summed E-state index contributed by atoms with van der Waals surface area (Å²) in [6.45, 7) is 2.61. The minimum absolute atomic E-state index is 0.158. The lowest BCUT2D eigenvalue weighted by Crippen LogP contribution is -2.07. The van der Waals surface area contributed by atoms with Crippen molar-refractivity contribution in [2.75, 3.05) is 12.8 Å². The number of esters is 1. The molecule has 0 aliphatic rings. The Labute approximate surface area is 105 Å². The van der Waals surface area contributed by atoms with Gasteiger partial charge in [0, 0.05) is 6.20 Å². The molecule has 0 spiro atoms. The van der Waals surface area contributed by atoms with Gasteiger partial charge in [0.15, 0.2) is 5.69 Å². The van der Waals surface area contributed by atoms with Gasteiger partial charge in [0.05, 0.1) is 19.3 Å². The molecule has 0 aliphatic carbocycles. The van der Waals surface area contributed by atoms with E-state index in [9.17, 15) is 4.79 Å². The summed E-state index contributed by atoms with van der Waals surface area (Å²) in [4.78, 5) is 11.4. The number of rotatable bonds is 3. The molecular weight excluding hydrogens is 230 g/mol. The maximum absolute atomic E-state index is 11.4. The molecule has 0 saturated carbocycles. The molecule has 5 heteroatoms. The van der Waals surface area contributed by atoms with E-state index < -0.39 is 5.97 Å². The predicted octanol–water partition coefficient (Wildman–Crippen LogP) is 1.61. The van der Waals surface area contributed by atoms with Crippen LogP contribution in [-0.2, 0) is 11.3 Å². The second-order valence-electron chi connectivity index (χ2n) is 4.05. The number of anilines is 1. The molecule has 0 atom stereocenters. The predicted molar refractivity (Wildman–Crippen MR) is 68.3 cm³/mol. The Kier molecular flexibility index (Phi) is 3.32. The number of ether oxygens (including phenoxy) is 1. The van der Waals surface area contributed by atoms with Crippen LogP contribution in [0, 0.1) is 6.92 Å². The maximum Gasteiger partial charge on any atom is 0.360 e. The highest BCUT2D eigenvalue weighted by molar-refractivity contribution is 5.92. The number of hydrogen-bond donors (Lipinski definition) is 1. The molecule has 0 unspecified atom stereocenters. The highest BCUT2D eigenvalue weighted by Gasteiger charge is 2.15. The average molecular weight is 245 g/mol. The van der Waals surface area contributed by atoms with Gasteiger partial charge in [-0.1, -0.05) is 24.3 Å². The zero-order valence-corrected chi connectivity index (χ0v) is 10.4. The van der Waals surface area contributed by atoms with Gasteiger partial charge in [0.25, 0.3) is 0 Å². The summed E-state index contributed by atoms with van der Waals surface area (Å²) in [6.07, 6.45) is 1.64. The van der Waals surface area contributed by atoms with Gasteiger partial charge >= 0.3 is 5.97 Å². The van der Waals surface area contributed by atoms with E-state index in [1.165, 1.54) is 12.7 Å². The van der Waals surface area contributed by atoms with Crippen LogP contribution in [0.25, 0.3) is 0 Å². The lowest BCUT2D eigenvalue weighted by molar-refractivity contribution is 0.0594. The zero-order valence-electron chi connectivity index (χ0n) is 10.4. The second-order valence-corrected chi connectivity index (χ2v) is 4.05. The number of carbonyl (C=O) groups is 1. The van der Waals surface area contributed by atoms with E-state index in [2.05, 4.69) is 9.84 Å². The molecule has 0 radical (unpaired) electrons. The fraction of sp³-hybridized carbons (Fsp3) is 0.231. The monoisotopic (exact) mass is 245 g/mol. The second kappa shape index (κ2) is 4.91. The number of nitrogens with two attached hydrogens (primary N) is 1. The highest BCUT2D eigenvalue weighted by Crippen LogP contribution is 2.13. The Morgan fingerprint density at radius 2 is 2.17 bits per heavy atom. The van der Waals surface area contributed by atoms with E-state index in [-0.39, 0.29) is 5.69 Å². The molecule has 94 valence electrons. The van der Waals surface area contributed by atoms with Crippen LogP contribution in [0.15, 0.2) is 30.5 Å². The number of hydrogen-bond acceptors (Lipinski definition) is 4. The number of benzene rings is 1. The number of nitrogen functional groups attached to an aromatic ring is 1. The standard InChI is InChI=1S/C13H15N3O2/c1-9-5-3-4-6-10(9)7-16-8-11(14)12(15-16)13(17)18-2/h3-6,8H,7,14H2,1-2H3. The molecule has 18 heavy (non-hydrogen) atoms. The van der Waals surface area contributed by atoms with E-state index in [1.54, 1.807) is 10.9 Å². The van der Waals surface area contributed by atoms with E-state index in [0.29, 0.717) is 12.2 Å². The summed E-state index contributed by atoms with van der Waals surface area (Å²) in [5, 5.41) is 4.13. The third-order valence-electron chi connectivity index (χ3n) is 2.76. The Bertz CT molecular complexity index is 575. The average Bonchev–Trinajstić information content (AvgIpc) is 2.72. The molecule has 1 aromatic carbocycles. The van der Waals surface area contributed by atoms with E-state index in [4.69, 9.17) is 5.73 Å². The molecule has 0 saturated heterocycles. The summed E-state index contributed by atoms with van der Waals surface area (Å²) >= 11 is 0. The first-order valence-corrected chi connectivity index (χ1v) is 5.57. The molecule has 0 aliphatic heterocycles. The number of aromatic nitrogens is 2. The normalized spacial score (nSPS) is 10.3. The molecule has 2 aromatic rings. The third kappa shape index (κ3) is 2.34. The SMILES string of the molecule is COC(=O)c1nn(Cc2ccccc2C)cc1N. The Morgan fingerprint density at radius 1 is 1.44 bits per heavy atom. The van der Waals surface area contributed by atoms with E-state index in [1.807, 2.05) is 31.2 Å². The van der Waals surface area contributed by atoms with Crippen LogP contribution in [0.3, 0.4) is 0 Å². The summed E-state index contributed by atoms with van der Waals surface area (Å²) in [6, 6.07) is 8.00. The molecule has 0 fully saturated rings. The molecule has 2 N–H and O–H groups in total. The van der Waals surface area contributed by atoms with Crippen LogP contribution in [0.2, 0.25) is 0 Å². The van der Waals surface area contributed by atoms with Crippen molar-refractivity contribution >= 4 is 11.7 Å². The van der Waals surface area contributed by atoms with Crippen molar-refractivity contribution in [3.05, 3.63) is 47.3 Å². The van der Waals surface area contributed by atoms with Gasteiger partial charge in [-0.05, 0) is 18.1 Å². The first-order valence-electron chi connectivity index (χ1n) is 5.57. The number of carbonyl (C=O) groups excluding carboxylic acids is 1. The van der Waals surface area contributed by atoms with Crippen molar-refractivity contribution in [2.24, 2.45) is 0 Å². The number of aryl methyl sites for hydroxylation is 1. The van der Waals surface area contributed by atoms with Crippen molar-refractivity contribution in [1.29, 1.82) is 0 Å². The first kappa shape index (κ1) is 12.2. The molecule has 0 bridgehead atoms. The summed E-state index contributed by atoms with van der Waals surface area (Å²) in [5.74, 6) is -0.518. The van der Waals surface area contributed by atoms with Gasteiger partial charge in [0.2, 0.25) is 0 Å². The fourth-order valence-electron chi connectivity index (χ4n) is 1.74. The van der Waals surface area contributed by atoms with Crippen LogP contribution < -0.4 is 5.73 Å². The molecule has 1 heterocycles. The molecule has 0 amide bonds. The Morgan fingerprint density at radius 3 is 2.83 bits per heavy atom. The van der Waals surface area contributed by atoms with Gasteiger partial charge in [-0.2, -0.15) is 5.10 Å². The van der Waals surface area contributed by atoms with Crippen molar-refractivity contribution < 1.29 is 9.53 Å². The minimum Gasteiger partial charge on any atom is -0.464 e. The van der Waals surface area contributed by atoms with Crippen molar-refractivity contribution in [3.63, 3.8) is 0 Å². The largest absolute Gasteiger partial charge is 0.464 e. The van der Waals surface area contributed by atoms with Crippen LogP contribution >= 0.6 is 0 Å². The van der Waals surface area contributed by atoms with Crippen molar-refractivity contribution in [3.8, 4) is 0 Å². The Hall–Kier alpha value is -2.30. The summed E-state index contributed by atoms with van der Waals surface area (Å²) < 4.78 is 6.25. The lowest BCUT2D eigenvalue weighted by Gasteiger charge is -2.05. The van der Waals surface area contributed by atoms with E-state index >= 15 is 0 Å². The zero-order chi connectivity index (χ0) is 13.1. The van der Waals surface area contributed by atoms with Gasteiger partial charge < -0.3 is 10.5 Å². The lowest BCUT2D eigenvalue weighted by atomic mass is 10.1. The van der Waals surface area contributed by atoms with Crippen LogP contribution in [0.5, 0.6) is 0 Å². The summed E-state index contributed by atoms with van der Waals surface area (Å²) in [5.41, 5.74) is 8.52. The quantitative estimate of drug-likeness (QED) is 0.834. The van der Waals surface area contributed by atoms with Gasteiger partial charge in [0.1, 0.15) is 0 Å². The number of nitrogens with zero attached hydrogens (tertiary/aromatic N) is 2. The fourth-order valence-corrected chi connectivity index (χ4v) is 1.74. The van der Waals surface area contributed by atoms with Gasteiger partial charge in [-0.15, -0.1) is 0 Å². The van der Waals surface area contributed by atoms with E-state index in [0.717, 1.165) is 5.56 Å². The van der Waals surface area contributed by atoms with Crippen LogP contribution in [0.1, 0.15) is 21.6 Å². The number of methoxy groups -OCH3 is 1. The molecule has 2 rings (SSSR count). The topological polar surface area (TPSA) is 70.1 Å². The molecular formula is C13H15N3O2. The van der Waals surface area contributed by atoms with Crippen molar-refractivity contribution in [2.45, 2.75) is 13.5 Å². The molecule has 5 nitrogen and oxygen atoms in total. The van der Waals surface area contributed by atoms with Gasteiger partial charge in [-0.25, -0.2) is 4.79 Å². The molecule has 1 aromatic heterocycles. The Balaban J connectivity index is 2.26. The summed E-state index contributed by atoms with van der Waals surface area (Å²) in [7, 11) is 1.31. The smallest absolute Gasteiger partial charge is 0.360 e. The first-order chi connectivity index (χ1) is 8.61. The van der Waals surface area contributed by atoms with Crippen LogP contribution in [0.4, 0.5) is 5.69 Å². The van der Waals surface area contributed by atoms with Gasteiger partial charge in [-0.3, -0.25) is 4.68 Å². The maximum atomic E-state index is 11.4.